The van der Waals surface area contributed by atoms with Crippen molar-refractivity contribution < 1.29 is 9.21 Å². The Hall–Kier alpha value is -1.33. The molecule has 3 heterocycles. The van der Waals surface area contributed by atoms with Crippen molar-refractivity contribution in [2.45, 2.75) is 19.4 Å². The predicted molar refractivity (Wildman–Crippen MR) is 70.6 cm³/mol. The number of fused-ring (bicyclic) bond motifs is 1. The second-order valence-electron chi connectivity index (χ2n) is 4.35. The van der Waals surface area contributed by atoms with Gasteiger partial charge < -0.3 is 9.73 Å². The zero-order valence-corrected chi connectivity index (χ0v) is 11.4. The van der Waals surface area contributed by atoms with Gasteiger partial charge in [0.2, 0.25) is 5.91 Å². The van der Waals surface area contributed by atoms with Crippen molar-refractivity contribution in [2.75, 3.05) is 6.54 Å². The minimum Gasteiger partial charge on any atom is -0.469 e. The van der Waals surface area contributed by atoms with Crippen LogP contribution in [0.4, 0.5) is 0 Å². The van der Waals surface area contributed by atoms with Gasteiger partial charge in [-0.15, -0.1) is 0 Å². The number of hydrogen-bond acceptors (Lipinski definition) is 3. The molecule has 0 saturated heterocycles. The fourth-order valence-electron chi connectivity index (χ4n) is 2.33. The molecule has 5 heteroatoms. The molecule has 3 rings (SSSR count). The number of aromatic nitrogens is 1. The lowest BCUT2D eigenvalue weighted by atomic mass is 10.1. The molecule has 0 amide bonds. The zero-order valence-electron chi connectivity index (χ0n) is 9.78. The highest BCUT2D eigenvalue weighted by Gasteiger charge is 2.21. The maximum Gasteiger partial charge on any atom is 0.239 e. The van der Waals surface area contributed by atoms with E-state index in [1.165, 1.54) is 5.56 Å². The van der Waals surface area contributed by atoms with Gasteiger partial charge in [0.1, 0.15) is 5.76 Å². The van der Waals surface area contributed by atoms with Gasteiger partial charge in [0.15, 0.2) is 0 Å². The van der Waals surface area contributed by atoms with Crippen molar-refractivity contribution in [1.29, 1.82) is 0 Å². The second kappa shape index (κ2) is 4.74. The first kappa shape index (κ1) is 11.7. The fraction of sp³-hybridized carbons (Fsp3) is 0.308. The van der Waals surface area contributed by atoms with Crippen LogP contribution in [-0.2, 0) is 19.4 Å². The van der Waals surface area contributed by atoms with E-state index in [4.69, 9.17) is 4.42 Å². The number of hydrogen-bond donors (Lipinski definition) is 1. The molecule has 0 fully saturated rings. The molecular weight excluding hydrogens is 296 g/mol. The summed E-state index contributed by atoms with van der Waals surface area (Å²) in [6.07, 6.45) is 2.76. The van der Waals surface area contributed by atoms with Crippen LogP contribution in [0, 0.1) is 0 Å². The molecule has 1 aliphatic rings. The van der Waals surface area contributed by atoms with Gasteiger partial charge in [0.25, 0.3) is 0 Å². The molecule has 0 aromatic carbocycles. The summed E-state index contributed by atoms with van der Waals surface area (Å²) in [5.41, 5.74) is 2.30. The molecule has 0 unspecified atom stereocenters. The van der Waals surface area contributed by atoms with E-state index in [-0.39, 0.29) is 5.91 Å². The van der Waals surface area contributed by atoms with E-state index in [1.54, 1.807) is 16.9 Å². The molecule has 0 spiro atoms. The van der Waals surface area contributed by atoms with Crippen LogP contribution < -0.4 is 5.32 Å². The molecule has 18 heavy (non-hydrogen) atoms. The monoisotopic (exact) mass is 308 g/mol. The summed E-state index contributed by atoms with van der Waals surface area (Å²) in [4.78, 5) is 12.3. The van der Waals surface area contributed by atoms with E-state index in [9.17, 15) is 4.79 Å². The van der Waals surface area contributed by atoms with E-state index >= 15 is 0 Å². The summed E-state index contributed by atoms with van der Waals surface area (Å²) in [5.74, 6) is 0.739. The number of nitrogens with one attached hydrogen (secondary N) is 1. The fourth-order valence-corrected chi connectivity index (χ4v) is 3.02. The van der Waals surface area contributed by atoms with Gasteiger partial charge in [-0.25, -0.2) is 0 Å². The summed E-state index contributed by atoms with van der Waals surface area (Å²) in [5, 5.41) is 3.30. The Morgan fingerprint density at radius 2 is 2.44 bits per heavy atom. The van der Waals surface area contributed by atoms with Crippen molar-refractivity contribution in [1.82, 2.24) is 9.88 Å². The topological polar surface area (TPSA) is 47.2 Å². The van der Waals surface area contributed by atoms with Crippen LogP contribution in [-0.4, -0.2) is 17.0 Å². The standard InChI is InChI=1S/C13H13BrN2O2/c14-12-6-9-8-15-4-3-11(9)16(12)13(17)7-10-2-1-5-18-10/h1-2,5-6,15H,3-4,7-8H2. The molecule has 2 aromatic rings. The maximum absolute atomic E-state index is 12.3. The van der Waals surface area contributed by atoms with Crippen LogP contribution in [0.5, 0.6) is 0 Å². The molecule has 94 valence electrons. The lowest BCUT2D eigenvalue weighted by Crippen LogP contribution is -2.26. The summed E-state index contributed by atoms with van der Waals surface area (Å²) >= 11 is 3.47. The Labute approximate surface area is 113 Å². The van der Waals surface area contributed by atoms with Crippen molar-refractivity contribution in [3.63, 3.8) is 0 Å². The summed E-state index contributed by atoms with van der Waals surface area (Å²) < 4.78 is 7.81. The zero-order chi connectivity index (χ0) is 12.5. The smallest absolute Gasteiger partial charge is 0.239 e. The molecule has 0 atom stereocenters. The first-order chi connectivity index (χ1) is 8.75. The normalized spacial score (nSPS) is 14.5. The van der Waals surface area contributed by atoms with Crippen LogP contribution in [0.15, 0.2) is 33.5 Å². The van der Waals surface area contributed by atoms with E-state index in [2.05, 4.69) is 21.2 Å². The minimum atomic E-state index is 0.0416. The van der Waals surface area contributed by atoms with Gasteiger partial charge in [-0.2, -0.15) is 0 Å². The predicted octanol–water partition coefficient (Wildman–Crippen LogP) is 2.37. The van der Waals surface area contributed by atoms with E-state index in [0.29, 0.717) is 12.2 Å². The number of carbonyl (C=O) groups excluding carboxylic acids is 1. The van der Waals surface area contributed by atoms with Gasteiger partial charge in [-0.1, -0.05) is 0 Å². The van der Waals surface area contributed by atoms with Crippen molar-refractivity contribution in [2.24, 2.45) is 0 Å². The third-order valence-electron chi connectivity index (χ3n) is 3.16. The molecule has 1 aliphatic heterocycles. The highest BCUT2D eigenvalue weighted by molar-refractivity contribution is 9.10. The van der Waals surface area contributed by atoms with Gasteiger partial charge in [0, 0.05) is 25.2 Å². The molecule has 0 saturated carbocycles. The third-order valence-corrected chi connectivity index (χ3v) is 3.74. The Morgan fingerprint density at radius 3 is 3.22 bits per heavy atom. The summed E-state index contributed by atoms with van der Waals surface area (Å²) in [6, 6.07) is 5.64. The molecule has 0 bridgehead atoms. The van der Waals surface area contributed by atoms with Crippen LogP contribution in [0.25, 0.3) is 0 Å². The Balaban J connectivity index is 1.91. The lowest BCUT2D eigenvalue weighted by molar-refractivity contribution is 0.0902. The molecule has 4 nitrogen and oxygen atoms in total. The van der Waals surface area contributed by atoms with E-state index in [1.807, 2.05) is 12.1 Å². The Morgan fingerprint density at radius 1 is 1.56 bits per heavy atom. The van der Waals surface area contributed by atoms with Gasteiger partial charge in [0.05, 0.1) is 17.3 Å². The lowest BCUT2D eigenvalue weighted by Gasteiger charge is -2.15. The SMILES string of the molecule is O=C(Cc1ccco1)n1c(Br)cc2c1CCNC2. The molecule has 1 N–H and O–H groups in total. The average Bonchev–Trinajstić information content (AvgIpc) is 2.94. The second-order valence-corrected chi connectivity index (χ2v) is 5.16. The number of nitrogens with zero attached hydrogens (tertiary/aromatic N) is 1. The van der Waals surface area contributed by atoms with E-state index in [0.717, 1.165) is 29.8 Å². The molecule has 0 radical (unpaired) electrons. The maximum atomic E-state index is 12.3. The molecule has 2 aromatic heterocycles. The number of carbonyl (C=O) groups is 1. The largest absolute Gasteiger partial charge is 0.469 e. The Kier molecular flexibility index (Phi) is 3.09. The Bertz CT molecular complexity index is 572. The van der Waals surface area contributed by atoms with E-state index < -0.39 is 0 Å². The average molecular weight is 309 g/mol. The van der Waals surface area contributed by atoms with Gasteiger partial charge in [-0.3, -0.25) is 9.36 Å². The van der Waals surface area contributed by atoms with Crippen molar-refractivity contribution in [3.8, 4) is 0 Å². The molecular formula is C13H13BrN2O2. The first-order valence-corrected chi connectivity index (χ1v) is 6.70. The number of halogens is 1. The van der Waals surface area contributed by atoms with Crippen LogP contribution >= 0.6 is 15.9 Å². The third kappa shape index (κ3) is 2.04. The summed E-state index contributed by atoms with van der Waals surface area (Å²) in [7, 11) is 0. The van der Waals surface area contributed by atoms with Gasteiger partial charge in [-0.05, 0) is 39.7 Å². The van der Waals surface area contributed by atoms with Crippen LogP contribution in [0.2, 0.25) is 0 Å². The first-order valence-electron chi connectivity index (χ1n) is 5.91. The van der Waals surface area contributed by atoms with Crippen LogP contribution in [0.1, 0.15) is 21.8 Å². The number of rotatable bonds is 2. The minimum absolute atomic E-state index is 0.0416. The van der Waals surface area contributed by atoms with Gasteiger partial charge >= 0.3 is 0 Å². The molecule has 0 aliphatic carbocycles. The quantitative estimate of drug-likeness (QED) is 0.926. The van der Waals surface area contributed by atoms with Crippen molar-refractivity contribution >= 4 is 21.8 Å². The van der Waals surface area contributed by atoms with Crippen molar-refractivity contribution in [3.05, 3.63) is 46.1 Å². The van der Waals surface area contributed by atoms with Crippen LogP contribution in [0.3, 0.4) is 0 Å². The highest BCUT2D eigenvalue weighted by Crippen LogP contribution is 2.24. The highest BCUT2D eigenvalue weighted by atomic mass is 79.9. The number of furan rings is 1. The summed E-state index contributed by atoms with van der Waals surface area (Å²) in [6.45, 7) is 1.74.